The predicted octanol–water partition coefficient (Wildman–Crippen LogP) is 1.09. The van der Waals surface area contributed by atoms with Crippen LogP contribution in [0.4, 0.5) is 0 Å². The maximum Gasteiger partial charge on any atom is 0.122 e. The summed E-state index contributed by atoms with van der Waals surface area (Å²) in [5.74, 6) is 1.10. The first-order chi connectivity index (χ1) is 12.8. The molecule has 148 valence electrons. The Hall–Kier alpha value is -1.51. The Kier molecular flexibility index (Phi) is 9.72. The quantitative estimate of drug-likeness (QED) is 0.636. The van der Waals surface area contributed by atoms with Crippen LogP contribution in [0.3, 0.4) is 0 Å². The van der Waals surface area contributed by atoms with E-state index in [0.717, 1.165) is 24.8 Å². The highest BCUT2D eigenvalue weighted by molar-refractivity contribution is 5.33. The van der Waals surface area contributed by atoms with E-state index in [1.54, 1.807) is 4.90 Å². The van der Waals surface area contributed by atoms with Crippen molar-refractivity contribution in [3.8, 4) is 5.75 Å². The fraction of sp³-hybridized carbons (Fsp3) is 0.500. The molecule has 2 atom stereocenters. The third-order valence-electron chi connectivity index (χ3n) is 5.77. The van der Waals surface area contributed by atoms with Crippen LogP contribution in [0.2, 0.25) is 0 Å². The zero-order valence-electron chi connectivity index (χ0n) is 16.6. The number of piperidine rings is 1. The average Bonchev–Trinajstić information content (AvgIpc) is 2.68. The molecular weight excluding hydrogens is 354 g/mol. The lowest BCUT2D eigenvalue weighted by molar-refractivity contribution is -0.911. The Morgan fingerprint density at radius 1 is 0.926 bits per heavy atom. The molecule has 1 N–H and O–H groups in total. The standard InChI is InChI=1S/C24H33NO.ClH/c1-25-19-10-9-16-23(25)18-20-26-24-17-8-7-15-22(24)14-6-5-13-21-11-3-2-4-12-21;/h2-4,7-8,11-12,15,17,23H,5-6,9-10,13-14,16,18-20H2,1H3;1H. The second-order valence-corrected chi connectivity index (χ2v) is 7.73. The molecule has 3 heteroatoms. The molecule has 0 spiro atoms. The average molecular weight is 388 g/mol. The van der Waals surface area contributed by atoms with E-state index in [2.05, 4.69) is 61.6 Å². The lowest BCUT2D eigenvalue weighted by Crippen LogP contribution is -3.13. The molecular formula is C24H34ClNO. The van der Waals surface area contributed by atoms with Crippen LogP contribution in [-0.4, -0.2) is 26.2 Å². The van der Waals surface area contributed by atoms with Crippen LogP contribution < -0.4 is 22.0 Å². The number of halogens is 1. The van der Waals surface area contributed by atoms with E-state index in [4.69, 9.17) is 4.74 Å². The van der Waals surface area contributed by atoms with Gasteiger partial charge in [0, 0.05) is 6.42 Å². The van der Waals surface area contributed by atoms with Crippen molar-refractivity contribution >= 4 is 0 Å². The Balaban J connectivity index is 0.00000261. The summed E-state index contributed by atoms with van der Waals surface area (Å²) < 4.78 is 6.19. The number of unbranched alkanes of at least 4 members (excludes halogenated alkanes) is 1. The Morgan fingerprint density at radius 2 is 1.67 bits per heavy atom. The number of rotatable bonds is 9. The molecule has 0 aromatic heterocycles. The Morgan fingerprint density at radius 3 is 2.48 bits per heavy atom. The van der Waals surface area contributed by atoms with Gasteiger partial charge in [-0.25, -0.2) is 0 Å². The van der Waals surface area contributed by atoms with Crippen molar-refractivity contribution in [3.05, 3.63) is 65.7 Å². The second kappa shape index (κ2) is 12.0. The molecule has 0 aliphatic carbocycles. The minimum Gasteiger partial charge on any atom is -1.00 e. The van der Waals surface area contributed by atoms with E-state index < -0.39 is 0 Å². The smallest absolute Gasteiger partial charge is 0.122 e. The van der Waals surface area contributed by atoms with Gasteiger partial charge in [0.1, 0.15) is 5.75 Å². The summed E-state index contributed by atoms with van der Waals surface area (Å²) in [7, 11) is 2.34. The number of benzene rings is 2. The topological polar surface area (TPSA) is 13.7 Å². The van der Waals surface area contributed by atoms with Crippen molar-refractivity contribution in [3.63, 3.8) is 0 Å². The summed E-state index contributed by atoms with van der Waals surface area (Å²) in [6.45, 7) is 2.17. The van der Waals surface area contributed by atoms with Gasteiger partial charge in [-0.1, -0.05) is 48.5 Å². The van der Waals surface area contributed by atoms with Crippen LogP contribution in [0.1, 0.15) is 49.7 Å². The van der Waals surface area contributed by atoms with Crippen LogP contribution in [0, 0.1) is 0 Å². The van der Waals surface area contributed by atoms with E-state index >= 15 is 0 Å². The lowest BCUT2D eigenvalue weighted by atomic mass is 10.0. The summed E-state index contributed by atoms with van der Waals surface area (Å²) in [5.41, 5.74) is 2.81. The summed E-state index contributed by atoms with van der Waals surface area (Å²) in [6, 6.07) is 20.2. The van der Waals surface area contributed by atoms with E-state index in [-0.39, 0.29) is 12.4 Å². The molecule has 1 saturated heterocycles. The minimum absolute atomic E-state index is 0. The predicted molar refractivity (Wildman–Crippen MR) is 109 cm³/mol. The highest BCUT2D eigenvalue weighted by atomic mass is 35.5. The van der Waals surface area contributed by atoms with E-state index in [1.165, 1.54) is 62.6 Å². The monoisotopic (exact) mass is 387 g/mol. The maximum atomic E-state index is 6.19. The van der Waals surface area contributed by atoms with Gasteiger partial charge < -0.3 is 22.0 Å². The molecule has 0 saturated carbocycles. The van der Waals surface area contributed by atoms with Gasteiger partial charge in [0.05, 0.1) is 26.2 Å². The van der Waals surface area contributed by atoms with Gasteiger partial charge in [-0.2, -0.15) is 0 Å². The SMILES string of the molecule is C[NH+]1CCCCC1CCOc1ccccc1CCCCc1ccccc1.[Cl-]. The van der Waals surface area contributed by atoms with Crippen molar-refractivity contribution in [2.45, 2.75) is 57.4 Å². The first-order valence-corrected chi connectivity index (χ1v) is 10.4. The van der Waals surface area contributed by atoms with Crippen molar-refractivity contribution < 1.29 is 22.0 Å². The summed E-state index contributed by atoms with van der Waals surface area (Å²) in [6.07, 6.45) is 10.0. The molecule has 1 aliphatic heterocycles. The van der Waals surface area contributed by atoms with Crippen molar-refractivity contribution in [2.24, 2.45) is 0 Å². The molecule has 1 fully saturated rings. The van der Waals surface area contributed by atoms with Crippen LogP contribution >= 0.6 is 0 Å². The first-order valence-electron chi connectivity index (χ1n) is 10.4. The molecule has 0 bridgehead atoms. The Labute approximate surface area is 171 Å². The molecule has 2 aromatic carbocycles. The van der Waals surface area contributed by atoms with Gasteiger partial charge in [-0.05, 0) is 62.1 Å². The first kappa shape index (κ1) is 21.8. The van der Waals surface area contributed by atoms with Gasteiger partial charge in [0.15, 0.2) is 0 Å². The third kappa shape index (κ3) is 7.20. The highest BCUT2D eigenvalue weighted by Crippen LogP contribution is 2.21. The van der Waals surface area contributed by atoms with Gasteiger partial charge in [-0.15, -0.1) is 0 Å². The van der Waals surface area contributed by atoms with E-state index in [9.17, 15) is 0 Å². The van der Waals surface area contributed by atoms with E-state index in [0.29, 0.717) is 0 Å². The number of quaternary nitrogens is 1. The minimum atomic E-state index is 0. The highest BCUT2D eigenvalue weighted by Gasteiger charge is 2.22. The molecule has 2 aromatic rings. The number of nitrogens with one attached hydrogen (secondary N) is 1. The second-order valence-electron chi connectivity index (χ2n) is 7.73. The summed E-state index contributed by atoms with van der Waals surface area (Å²) >= 11 is 0. The molecule has 2 unspecified atom stereocenters. The molecule has 1 aliphatic rings. The number of likely N-dealkylation sites (tertiary alicyclic amines) is 1. The number of hydrogen-bond donors (Lipinski definition) is 1. The van der Waals surface area contributed by atoms with Gasteiger partial charge in [0.25, 0.3) is 0 Å². The van der Waals surface area contributed by atoms with E-state index in [1.807, 2.05) is 0 Å². The van der Waals surface area contributed by atoms with Gasteiger partial charge >= 0.3 is 0 Å². The lowest BCUT2D eigenvalue weighted by Gasteiger charge is -2.29. The maximum absolute atomic E-state index is 6.19. The van der Waals surface area contributed by atoms with Crippen molar-refractivity contribution in [1.82, 2.24) is 0 Å². The fourth-order valence-corrected chi connectivity index (χ4v) is 4.09. The largest absolute Gasteiger partial charge is 1.00 e. The van der Waals surface area contributed by atoms with Crippen LogP contribution in [0.5, 0.6) is 5.75 Å². The van der Waals surface area contributed by atoms with Gasteiger partial charge in [0.2, 0.25) is 0 Å². The number of aryl methyl sites for hydroxylation is 2. The fourth-order valence-electron chi connectivity index (χ4n) is 4.09. The Bertz CT molecular complexity index is 646. The zero-order chi connectivity index (χ0) is 18.0. The molecule has 2 nitrogen and oxygen atoms in total. The summed E-state index contributed by atoms with van der Waals surface area (Å²) in [5, 5.41) is 0. The number of ether oxygens (including phenoxy) is 1. The zero-order valence-corrected chi connectivity index (χ0v) is 17.4. The molecule has 1 heterocycles. The molecule has 27 heavy (non-hydrogen) atoms. The van der Waals surface area contributed by atoms with Crippen molar-refractivity contribution in [1.29, 1.82) is 0 Å². The van der Waals surface area contributed by atoms with Gasteiger partial charge in [-0.3, -0.25) is 0 Å². The van der Waals surface area contributed by atoms with Crippen molar-refractivity contribution in [2.75, 3.05) is 20.2 Å². The molecule has 0 radical (unpaired) electrons. The molecule has 0 amide bonds. The normalized spacial score (nSPS) is 19.3. The van der Waals surface area contributed by atoms with Crippen LogP contribution in [-0.2, 0) is 12.8 Å². The summed E-state index contributed by atoms with van der Waals surface area (Å²) in [4.78, 5) is 1.69. The number of para-hydroxylation sites is 1. The third-order valence-corrected chi connectivity index (χ3v) is 5.77. The van der Waals surface area contributed by atoms with Crippen LogP contribution in [0.15, 0.2) is 54.6 Å². The van der Waals surface area contributed by atoms with Crippen LogP contribution in [0.25, 0.3) is 0 Å². The molecule has 3 rings (SSSR count). The number of hydrogen-bond acceptors (Lipinski definition) is 1.